The van der Waals surface area contributed by atoms with Gasteiger partial charge in [0.15, 0.2) is 0 Å². The number of hydrogen-bond acceptors (Lipinski definition) is 3. The summed E-state index contributed by atoms with van der Waals surface area (Å²) < 4.78 is 27.8. The molecule has 0 heterocycles. The molecule has 128 valence electrons. The molecule has 23 heavy (non-hydrogen) atoms. The topological polar surface area (TPSA) is 75.3 Å². The Morgan fingerprint density at radius 1 is 1.13 bits per heavy atom. The van der Waals surface area contributed by atoms with Crippen LogP contribution < -0.4 is 10.0 Å². The Morgan fingerprint density at radius 3 is 2.30 bits per heavy atom. The van der Waals surface area contributed by atoms with Crippen molar-refractivity contribution in [2.75, 3.05) is 5.32 Å². The standard InChI is InChI=1S/C16H23ClN2O3S/c1-12(20)18-16-10-9-14(11-15(16)17)23(21,22)19-13-7-5-3-2-4-6-8-13/h9-11,13,19H,2-8H2,1H3,(H,18,20). The molecule has 2 rings (SSSR count). The summed E-state index contributed by atoms with van der Waals surface area (Å²) in [5, 5.41) is 2.77. The molecule has 1 saturated carbocycles. The highest BCUT2D eigenvalue weighted by Crippen LogP contribution is 2.26. The van der Waals surface area contributed by atoms with E-state index in [1.165, 1.54) is 31.5 Å². The van der Waals surface area contributed by atoms with Crippen molar-refractivity contribution in [3.05, 3.63) is 23.2 Å². The molecule has 5 nitrogen and oxygen atoms in total. The van der Waals surface area contributed by atoms with Crippen LogP contribution >= 0.6 is 11.6 Å². The molecule has 1 fully saturated rings. The first-order valence-corrected chi connectivity index (χ1v) is 9.84. The Labute approximate surface area is 142 Å². The first-order valence-electron chi connectivity index (χ1n) is 7.98. The van der Waals surface area contributed by atoms with Crippen LogP contribution in [0.25, 0.3) is 0 Å². The van der Waals surface area contributed by atoms with E-state index in [-0.39, 0.29) is 21.9 Å². The van der Waals surface area contributed by atoms with E-state index in [9.17, 15) is 13.2 Å². The minimum atomic E-state index is -3.60. The van der Waals surface area contributed by atoms with Crippen molar-refractivity contribution in [1.82, 2.24) is 4.72 Å². The maximum atomic E-state index is 12.5. The van der Waals surface area contributed by atoms with Crippen molar-refractivity contribution in [1.29, 1.82) is 0 Å². The maximum Gasteiger partial charge on any atom is 0.240 e. The highest BCUT2D eigenvalue weighted by Gasteiger charge is 2.21. The molecule has 0 radical (unpaired) electrons. The quantitative estimate of drug-likeness (QED) is 0.861. The lowest BCUT2D eigenvalue weighted by Gasteiger charge is -2.21. The molecule has 1 aromatic carbocycles. The van der Waals surface area contributed by atoms with E-state index < -0.39 is 10.0 Å². The summed E-state index contributed by atoms with van der Waals surface area (Å²) >= 11 is 6.06. The molecule has 0 unspecified atom stereocenters. The van der Waals surface area contributed by atoms with Crippen LogP contribution in [0.4, 0.5) is 5.69 Å². The third kappa shape index (κ3) is 5.48. The molecule has 0 bridgehead atoms. The fourth-order valence-electron chi connectivity index (χ4n) is 2.82. The zero-order valence-corrected chi connectivity index (χ0v) is 14.8. The zero-order valence-electron chi connectivity index (χ0n) is 13.3. The average molecular weight is 359 g/mol. The lowest BCUT2D eigenvalue weighted by molar-refractivity contribution is -0.114. The lowest BCUT2D eigenvalue weighted by atomic mass is 9.97. The van der Waals surface area contributed by atoms with Gasteiger partial charge in [0, 0.05) is 13.0 Å². The number of amides is 1. The van der Waals surface area contributed by atoms with Gasteiger partial charge in [-0.2, -0.15) is 0 Å². The minimum absolute atomic E-state index is 0.0194. The molecule has 7 heteroatoms. The van der Waals surface area contributed by atoms with Crippen LogP contribution in [-0.4, -0.2) is 20.4 Å². The number of hydrogen-bond donors (Lipinski definition) is 2. The molecule has 0 atom stereocenters. The summed E-state index contributed by atoms with van der Waals surface area (Å²) in [7, 11) is -3.60. The first-order chi connectivity index (χ1) is 10.9. The largest absolute Gasteiger partial charge is 0.325 e. The van der Waals surface area contributed by atoms with Crippen molar-refractivity contribution in [2.24, 2.45) is 0 Å². The number of benzene rings is 1. The third-order valence-electron chi connectivity index (χ3n) is 3.99. The molecular formula is C16H23ClN2O3S. The number of rotatable bonds is 4. The van der Waals surface area contributed by atoms with E-state index in [0.29, 0.717) is 5.69 Å². The van der Waals surface area contributed by atoms with Gasteiger partial charge < -0.3 is 5.32 Å². The van der Waals surface area contributed by atoms with Gasteiger partial charge in [0.1, 0.15) is 0 Å². The number of halogens is 1. The fraction of sp³-hybridized carbons (Fsp3) is 0.562. The fourth-order valence-corrected chi connectivity index (χ4v) is 4.44. The number of sulfonamides is 1. The van der Waals surface area contributed by atoms with E-state index in [0.717, 1.165) is 38.5 Å². The second-order valence-corrected chi connectivity index (χ2v) is 8.11. The minimum Gasteiger partial charge on any atom is -0.325 e. The number of carbonyl (C=O) groups is 1. The maximum absolute atomic E-state index is 12.5. The van der Waals surface area contributed by atoms with Crippen LogP contribution in [0.15, 0.2) is 23.1 Å². The van der Waals surface area contributed by atoms with Gasteiger partial charge in [0.05, 0.1) is 15.6 Å². The molecule has 2 N–H and O–H groups in total. The van der Waals surface area contributed by atoms with Crippen LogP contribution in [0.1, 0.15) is 51.9 Å². The summed E-state index contributed by atoms with van der Waals surface area (Å²) in [6.45, 7) is 1.37. The van der Waals surface area contributed by atoms with Crippen LogP contribution in [0, 0.1) is 0 Å². The first kappa shape index (κ1) is 18.2. The molecule has 1 aromatic rings. The van der Waals surface area contributed by atoms with E-state index >= 15 is 0 Å². The normalized spacial score (nSPS) is 17.3. The van der Waals surface area contributed by atoms with Gasteiger partial charge in [0.25, 0.3) is 0 Å². The third-order valence-corrected chi connectivity index (χ3v) is 5.82. The van der Waals surface area contributed by atoms with Crippen molar-refractivity contribution in [3.8, 4) is 0 Å². The second-order valence-electron chi connectivity index (χ2n) is 5.99. The lowest BCUT2D eigenvalue weighted by Crippen LogP contribution is -2.35. The molecule has 1 aliphatic carbocycles. The van der Waals surface area contributed by atoms with Gasteiger partial charge in [-0.1, -0.05) is 43.7 Å². The van der Waals surface area contributed by atoms with Gasteiger partial charge in [-0.15, -0.1) is 0 Å². The van der Waals surface area contributed by atoms with Gasteiger partial charge >= 0.3 is 0 Å². The smallest absolute Gasteiger partial charge is 0.240 e. The predicted molar refractivity (Wildman–Crippen MR) is 92.2 cm³/mol. The van der Waals surface area contributed by atoms with E-state index in [2.05, 4.69) is 10.0 Å². The Hall–Kier alpha value is -1.11. The molecule has 1 amide bonds. The molecule has 0 spiro atoms. The Balaban J connectivity index is 2.12. The van der Waals surface area contributed by atoms with Gasteiger partial charge in [0.2, 0.25) is 15.9 Å². The highest BCUT2D eigenvalue weighted by atomic mass is 35.5. The summed E-state index contributed by atoms with van der Waals surface area (Å²) in [5.74, 6) is -0.254. The van der Waals surface area contributed by atoms with Gasteiger partial charge in [-0.05, 0) is 31.0 Å². The van der Waals surface area contributed by atoms with Crippen molar-refractivity contribution in [2.45, 2.75) is 62.8 Å². The van der Waals surface area contributed by atoms with Crippen molar-refractivity contribution < 1.29 is 13.2 Å². The summed E-state index contributed by atoms with van der Waals surface area (Å²) in [6, 6.07) is 4.32. The van der Waals surface area contributed by atoms with Crippen LogP contribution in [0.3, 0.4) is 0 Å². The van der Waals surface area contributed by atoms with Crippen molar-refractivity contribution in [3.63, 3.8) is 0 Å². The SMILES string of the molecule is CC(=O)Nc1ccc(S(=O)(=O)NC2CCCCCCC2)cc1Cl. The predicted octanol–water partition coefficient (Wildman–Crippen LogP) is 3.69. The van der Waals surface area contributed by atoms with E-state index in [4.69, 9.17) is 11.6 Å². The Kier molecular flexibility index (Phi) is 6.44. The van der Waals surface area contributed by atoms with Gasteiger partial charge in [-0.25, -0.2) is 13.1 Å². The zero-order chi connectivity index (χ0) is 16.9. The Morgan fingerprint density at radius 2 is 1.74 bits per heavy atom. The Bertz CT molecular complexity index is 653. The highest BCUT2D eigenvalue weighted by molar-refractivity contribution is 7.89. The second kappa shape index (κ2) is 8.13. The van der Waals surface area contributed by atoms with Gasteiger partial charge in [-0.3, -0.25) is 4.79 Å². The molecular weight excluding hydrogens is 336 g/mol. The number of nitrogens with one attached hydrogen (secondary N) is 2. The number of anilines is 1. The average Bonchev–Trinajstić information content (AvgIpc) is 2.43. The van der Waals surface area contributed by atoms with Crippen LogP contribution in [0.2, 0.25) is 5.02 Å². The van der Waals surface area contributed by atoms with E-state index in [1.807, 2.05) is 0 Å². The monoisotopic (exact) mass is 358 g/mol. The van der Waals surface area contributed by atoms with Crippen LogP contribution in [-0.2, 0) is 14.8 Å². The molecule has 1 aliphatic rings. The summed E-state index contributed by atoms with van der Waals surface area (Å²) in [5.41, 5.74) is 0.407. The molecule has 0 saturated heterocycles. The van der Waals surface area contributed by atoms with E-state index in [1.54, 1.807) is 0 Å². The number of carbonyl (C=O) groups excluding carboxylic acids is 1. The summed E-state index contributed by atoms with van der Waals surface area (Å²) in [4.78, 5) is 11.2. The van der Waals surface area contributed by atoms with Crippen LogP contribution in [0.5, 0.6) is 0 Å². The van der Waals surface area contributed by atoms with Crippen molar-refractivity contribution >= 4 is 33.2 Å². The molecule has 0 aliphatic heterocycles. The molecule has 0 aromatic heterocycles. The summed E-state index contributed by atoms with van der Waals surface area (Å²) in [6.07, 6.45) is 7.41.